The first kappa shape index (κ1) is 23.5. The predicted molar refractivity (Wildman–Crippen MR) is 128 cm³/mol. The van der Waals surface area contributed by atoms with Crippen LogP contribution in [0.15, 0.2) is 58.8 Å². The Morgan fingerprint density at radius 3 is 2.33 bits per heavy atom. The average Bonchev–Trinajstić information content (AvgIpc) is 3.28. The van der Waals surface area contributed by atoms with Gasteiger partial charge in [0.1, 0.15) is 5.82 Å². The minimum absolute atomic E-state index is 0.0588. The molecule has 0 radical (unpaired) electrons. The first-order chi connectivity index (χ1) is 15.7. The Morgan fingerprint density at radius 1 is 1.09 bits per heavy atom. The highest BCUT2D eigenvalue weighted by Gasteiger charge is 2.32. The van der Waals surface area contributed by atoms with Crippen molar-refractivity contribution in [2.75, 3.05) is 18.4 Å². The number of nitrogens with zero attached hydrogens (tertiary/aromatic N) is 2. The molecule has 0 aliphatic carbocycles. The number of carbonyl (C=O) groups is 1. The van der Waals surface area contributed by atoms with Gasteiger partial charge in [-0.1, -0.05) is 38.1 Å². The third-order valence-corrected chi connectivity index (χ3v) is 8.55. The molecule has 1 aliphatic rings. The molecule has 0 bridgehead atoms. The van der Waals surface area contributed by atoms with Crippen molar-refractivity contribution in [3.63, 3.8) is 0 Å². The van der Waals surface area contributed by atoms with Gasteiger partial charge in [0.05, 0.1) is 10.6 Å². The maximum Gasteiger partial charge on any atom is 0.243 e. The average molecular weight is 488 g/mol. The summed E-state index contributed by atoms with van der Waals surface area (Å²) in [5.74, 6) is -0.462. The molecule has 1 N–H and O–H groups in total. The van der Waals surface area contributed by atoms with Crippen molar-refractivity contribution in [3.8, 4) is 11.3 Å². The third-order valence-electron chi connectivity index (χ3n) is 5.88. The first-order valence-corrected chi connectivity index (χ1v) is 13.2. The lowest BCUT2D eigenvalue weighted by Crippen LogP contribution is -2.41. The molecule has 1 amide bonds. The molecule has 1 fully saturated rings. The van der Waals surface area contributed by atoms with Crippen molar-refractivity contribution in [1.29, 1.82) is 0 Å². The summed E-state index contributed by atoms with van der Waals surface area (Å²) in [6, 6.07) is 13.0. The van der Waals surface area contributed by atoms with Gasteiger partial charge in [-0.25, -0.2) is 17.8 Å². The zero-order valence-electron chi connectivity index (χ0n) is 18.5. The van der Waals surface area contributed by atoms with Crippen LogP contribution >= 0.6 is 11.3 Å². The second kappa shape index (κ2) is 9.70. The van der Waals surface area contributed by atoms with E-state index in [1.165, 1.54) is 33.3 Å². The molecule has 6 nitrogen and oxygen atoms in total. The predicted octanol–water partition coefficient (Wildman–Crippen LogP) is 5.11. The Hall–Kier alpha value is -2.62. The van der Waals surface area contributed by atoms with Gasteiger partial charge in [0.2, 0.25) is 15.9 Å². The Bertz CT molecular complexity index is 1210. The highest BCUT2D eigenvalue weighted by atomic mass is 32.2. The van der Waals surface area contributed by atoms with E-state index in [9.17, 15) is 17.6 Å². The molecule has 0 spiro atoms. The number of aromatic nitrogens is 1. The summed E-state index contributed by atoms with van der Waals surface area (Å²) in [5.41, 5.74) is 3.07. The molecule has 2 heterocycles. The standard InChI is InChI=1S/C24H26FN3O3S2/c1-16(2)17-3-5-18(6-4-17)22-15-32-24(26-22)27-23(29)19-11-13-28(14-12-19)33(30,31)21-9-7-20(25)8-10-21/h3-10,15-16,19H,11-14H2,1-2H3,(H,26,27,29). The summed E-state index contributed by atoms with van der Waals surface area (Å²) >= 11 is 1.37. The number of hydrogen-bond acceptors (Lipinski definition) is 5. The van der Waals surface area contributed by atoms with Gasteiger partial charge in [-0.2, -0.15) is 4.31 Å². The van der Waals surface area contributed by atoms with Crippen LogP contribution < -0.4 is 5.32 Å². The maximum absolute atomic E-state index is 13.1. The van der Waals surface area contributed by atoms with Crippen molar-refractivity contribution in [1.82, 2.24) is 9.29 Å². The molecule has 0 saturated carbocycles. The van der Waals surface area contributed by atoms with Crippen molar-refractivity contribution >= 4 is 32.4 Å². The van der Waals surface area contributed by atoms with Crippen LogP contribution in [0.1, 0.15) is 38.2 Å². The number of thiazole rings is 1. The molecule has 33 heavy (non-hydrogen) atoms. The number of anilines is 1. The molecular formula is C24H26FN3O3S2. The molecule has 174 valence electrons. The minimum Gasteiger partial charge on any atom is -0.302 e. The maximum atomic E-state index is 13.1. The van der Waals surface area contributed by atoms with Gasteiger partial charge in [0, 0.05) is 30.0 Å². The summed E-state index contributed by atoms with van der Waals surface area (Å²) in [6.45, 7) is 4.77. The quantitative estimate of drug-likeness (QED) is 0.524. The number of sulfonamides is 1. The number of amides is 1. The molecule has 1 saturated heterocycles. The molecular weight excluding hydrogens is 461 g/mol. The van der Waals surface area contributed by atoms with E-state index >= 15 is 0 Å². The second-order valence-electron chi connectivity index (χ2n) is 8.44. The number of rotatable bonds is 6. The van der Waals surface area contributed by atoms with Gasteiger partial charge in [0.15, 0.2) is 5.13 Å². The zero-order valence-corrected chi connectivity index (χ0v) is 20.1. The van der Waals surface area contributed by atoms with Gasteiger partial charge in [-0.3, -0.25) is 4.79 Å². The summed E-state index contributed by atoms with van der Waals surface area (Å²) in [4.78, 5) is 17.3. The van der Waals surface area contributed by atoms with E-state index in [4.69, 9.17) is 0 Å². The fourth-order valence-electron chi connectivity index (χ4n) is 3.82. The summed E-state index contributed by atoms with van der Waals surface area (Å²) in [5, 5.41) is 5.33. The molecule has 9 heteroatoms. The molecule has 3 aromatic rings. The van der Waals surface area contributed by atoms with Gasteiger partial charge in [-0.15, -0.1) is 11.3 Å². The molecule has 0 atom stereocenters. The van der Waals surface area contributed by atoms with Crippen LogP contribution in [0, 0.1) is 11.7 Å². The van der Waals surface area contributed by atoms with Crippen LogP contribution in [-0.4, -0.2) is 36.7 Å². The molecule has 4 rings (SSSR count). The van der Waals surface area contributed by atoms with Crippen molar-refractivity contribution in [2.24, 2.45) is 5.92 Å². The Morgan fingerprint density at radius 2 is 1.73 bits per heavy atom. The second-order valence-corrected chi connectivity index (χ2v) is 11.2. The topological polar surface area (TPSA) is 79.4 Å². The van der Waals surface area contributed by atoms with Crippen LogP contribution in [0.2, 0.25) is 0 Å². The first-order valence-electron chi connectivity index (χ1n) is 10.9. The van der Waals surface area contributed by atoms with E-state index < -0.39 is 15.8 Å². The Kier molecular flexibility index (Phi) is 6.92. The fourth-order valence-corrected chi connectivity index (χ4v) is 6.02. The van der Waals surface area contributed by atoms with E-state index in [0.29, 0.717) is 23.9 Å². The number of benzene rings is 2. The SMILES string of the molecule is CC(C)c1ccc(-c2csc(NC(=O)C3CCN(S(=O)(=O)c4ccc(F)cc4)CC3)n2)cc1. The van der Waals surface area contributed by atoms with E-state index in [1.807, 2.05) is 17.5 Å². The highest BCUT2D eigenvalue weighted by molar-refractivity contribution is 7.89. The van der Waals surface area contributed by atoms with Crippen LogP contribution in [0.4, 0.5) is 9.52 Å². The van der Waals surface area contributed by atoms with E-state index in [-0.39, 0.29) is 29.8 Å². The van der Waals surface area contributed by atoms with Gasteiger partial charge < -0.3 is 5.32 Å². The van der Waals surface area contributed by atoms with Crippen LogP contribution in [0.25, 0.3) is 11.3 Å². The summed E-state index contributed by atoms with van der Waals surface area (Å²) in [6.07, 6.45) is 0.836. The molecule has 1 aromatic heterocycles. The lowest BCUT2D eigenvalue weighted by molar-refractivity contribution is -0.120. The van der Waals surface area contributed by atoms with Crippen molar-refractivity contribution in [2.45, 2.75) is 37.5 Å². The number of nitrogens with one attached hydrogen (secondary N) is 1. The van der Waals surface area contributed by atoms with E-state index in [0.717, 1.165) is 23.4 Å². The molecule has 0 unspecified atom stereocenters. The minimum atomic E-state index is -3.70. The van der Waals surface area contributed by atoms with Crippen LogP contribution in [0.3, 0.4) is 0 Å². The largest absolute Gasteiger partial charge is 0.302 e. The highest BCUT2D eigenvalue weighted by Crippen LogP contribution is 2.29. The smallest absolute Gasteiger partial charge is 0.243 e. The third kappa shape index (κ3) is 5.31. The fraction of sp³-hybridized carbons (Fsp3) is 0.333. The lowest BCUT2D eigenvalue weighted by Gasteiger charge is -2.30. The van der Waals surface area contributed by atoms with Crippen LogP contribution in [-0.2, 0) is 14.8 Å². The van der Waals surface area contributed by atoms with Crippen molar-refractivity contribution < 1.29 is 17.6 Å². The summed E-state index contributed by atoms with van der Waals surface area (Å²) < 4.78 is 40.0. The van der Waals surface area contributed by atoms with Gasteiger partial charge in [0.25, 0.3) is 0 Å². The normalized spacial score (nSPS) is 15.6. The number of halogens is 1. The van der Waals surface area contributed by atoms with E-state index in [1.54, 1.807) is 0 Å². The number of hydrogen-bond donors (Lipinski definition) is 1. The van der Waals surface area contributed by atoms with Crippen molar-refractivity contribution in [3.05, 3.63) is 65.3 Å². The van der Waals surface area contributed by atoms with Gasteiger partial charge in [-0.05, 0) is 48.6 Å². The number of carbonyl (C=O) groups excluding carboxylic acids is 1. The van der Waals surface area contributed by atoms with Gasteiger partial charge >= 0.3 is 0 Å². The van der Waals surface area contributed by atoms with Crippen LogP contribution in [0.5, 0.6) is 0 Å². The Labute approximate surface area is 197 Å². The molecule has 1 aliphatic heterocycles. The summed E-state index contributed by atoms with van der Waals surface area (Å²) in [7, 11) is -3.70. The van der Waals surface area contributed by atoms with E-state index in [2.05, 4.69) is 36.3 Å². The monoisotopic (exact) mass is 487 g/mol. The Balaban J connectivity index is 1.34. The number of piperidine rings is 1. The molecule has 2 aromatic carbocycles. The zero-order chi connectivity index (χ0) is 23.6. The lowest BCUT2D eigenvalue weighted by atomic mass is 9.97.